The molecular weight excluding hydrogens is 230 g/mol. The quantitative estimate of drug-likeness (QED) is 0.522. The lowest BCUT2D eigenvalue weighted by atomic mass is 10.0. The Morgan fingerprint density at radius 3 is 2.53 bits per heavy atom. The zero-order chi connectivity index (χ0) is 12.0. The van der Waals surface area contributed by atoms with E-state index in [-0.39, 0.29) is 0 Å². The van der Waals surface area contributed by atoms with Gasteiger partial charge in [0.05, 0.1) is 5.52 Å². The first-order chi connectivity index (χ1) is 8.15. The molecule has 84 valence electrons. The van der Waals surface area contributed by atoms with Gasteiger partial charge in [-0.1, -0.05) is 29.3 Å². The van der Waals surface area contributed by atoms with Crippen molar-refractivity contribution >= 4 is 33.3 Å². The number of benzene rings is 2. The Morgan fingerprint density at radius 2 is 1.71 bits per heavy atom. The number of pyridine rings is 1. The Hall–Kier alpha value is -1.60. The molecule has 0 aliphatic carbocycles. The Balaban J connectivity index is 2.57. The van der Waals surface area contributed by atoms with Gasteiger partial charge in [0.1, 0.15) is 0 Å². The van der Waals surface area contributed by atoms with Crippen molar-refractivity contribution in [1.29, 1.82) is 0 Å². The first-order valence-electron chi connectivity index (χ1n) is 5.61. The molecule has 1 nitrogen and oxygen atoms in total. The summed E-state index contributed by atoms with van der Waals surface area (Å²) in [5, 5.41) is 4.31. The molecule has 0 N–H and O–H groups in total. The zero-order valence-corrected chi connectivity index (χ0v) is 10.5. The SMILES string of the molecule is Cc1ccc2c(c1)c(C)nc1ccc(Cl)cc12. The summed E-state index contributed by atoms with van der Waals surface area (Å²) in [4.78, 5) is 4.63. The minimum absolute atomic E-state index is 0.755. The van der Waals surface area contributed by atoms with E-state index in [0.29, 0.717) is 0 Å². The molecule has 0 saturated heterocycles. The lowest BCUT2D eigenvalue weighted by Gasteiger charge is -2.07. The van der Waals surface area contributed by atoms with E-state index >= 15 is 0 Å². The van der Waals surface area contributed by atoms with Crippen LogP contribution in [0.3, 0.4) is 0 Å². The second kappa shape index (κ2) is 3.71. The Bertz CT molecular complexity index is 732. The molecule has 2 aromatic carbocycles. The third-order valence-corrected chi connectivity index (χ3v) is 3.34. The van der Waals surface area contributed by atoms with Crippen molar-refractivity contribution in [2.24, 2.45) is 0 Å². The predicted molar refractivity (Wildman–Crippen MR) is 73.7 cm³/mol. The third kappa shape index (κ3) is 1.67. The number of halogens is 1. The van der Waals surface area contributed by atoms with Crippen molar-refractivity contribution in [2.45, 2.75) is 13.8 Å². The van der Waals surface area contributed by atoms with E-state index in [1.165, 1.54) is 16.3 Å². The lowest BCUT2D eigenvalue weighted by molar-refractivity contribution is 1.29. The number of hydrogen-bond donors (Lipinski definition) is 0. The van der Waals surface area contributed by atoms with Gasteiger partial charge >= 0.3 is 0 Å². The summed E-state index contributed by atoms with van der Waals surface area (Å²) in [6.07, 6.45) is 0. The van der Waals surface area contributed by atoms with Crippen LogP contribution in [-0.4, -0.2) is 4.98 Å². The van der Waals surface area contributed by atoms with Crippen LogP contribution in [0.1, 0.15) is 11.3 Å². The van der Waals surface area contributed by atoms with Crippen molar-refractivity contribution in [1.82, 2.24) is 4.98 Å². The van der Waals surface area contributed by atoms with Crippen LogP contribution in [0, 0.1) is 13.8 Å². The standard InChI is InChI=1S/C15H12ClN/c1-9-3-5-12-13(7-9)10(2)17-15-6-4-11(16)8-14(12)15/h3-8H,1-2H3. The summed E-state index contributed by atoms with van der Waals surface area (Å²) >= 11 is 6.06. The second-order valence-corrected chi connectivity index (χ2v) is 4.84. The number of hydrogen-bond acceptors (Lipinski definition) is 1. The average Bonchev–Trinajstić information content (AvgIpc) is 2.30. The van der Waals surface area contributed by atoms with E-state index in [1.54, 1.807) is 0 Å². The fourth-order valence-electron chi connectivity index (χ4n) is 2.25. The third-order valence-electron chi connectivity index (χ3n) is 3.10. The van der Waals surface area contributed by atoms with Gasteiger partial charge in [-0.05, 0) is 43.5 Å². The molecule has 17 heavy (non-hydrogen) atoms. The molecule has 0 saturated carbocycles. The first kappa shape index (κ1) is 10.5. The van der Waals surface area contributed by atoms with Crippen molar-refractivity contribution in [3.8, 4) is 0 Å². The first-order valence-corrected chi connectivity index (χ1v) is 5.99. The van der Waals surface area contributed by atoms with Crippen LogP contribution in [0.25, 0.3) is 21.7 Å². The molecule has 0 aliphatic rings. The maximum atomic E-state index is 6.06. The molecule has 1 aromatic heterocycles. The highest BCUT2D eigenvalue weighted by atomic mass is 35.5. The normalized spacial score (nSPS) is 11.2. The summed E-state index contributed by atoms with van der Waals surface area (Å²) in [5.41, 5.74) is 3.32. The van der Waals surface area contributed by atoms with Crippen molar-refractivity contribution in [3.63, 3.8) is 0 Å². The van der Waals surface area contributed by atoms with Crippen molar-refractivity contribution in [3.05, 3.63) is 52.7 Å². The molecule has 0 atom stereocenters. The molecular formula is C15H12ClN. The van der Waals surface area contributed by atoms with Gasteiger partial charge in [0.2, 0.25) is 0 Å². The molecule has 0 spiro atoms. The summed E-state index contributed by atoms with van der Waals surface area (Å²) in [7, 11) is 0. The van der Waals surface area contributed by atoms with Crippen LogP contribution in [-0.2, 0) is 0 Å². The van der Waals surface area contributed by atoms with Gasteiger partial charge in [0, 0.05) is 21.5 Å². The predicted octanol–water partition coefficient (Wildman–Crippen LogP) is 4.66. The highest BCUT2D eigenvalue weighted by Crippen LogP contribution is 2.28. The van der Waals surface area contributed by atoms with Crippen LogP contribution < -0.4 is 0 Å². The Morgan fingerprint density at radius 1 is 0.882 bits per heavy atom. The van der Waals surface area contributed by atoms with Crippen LogP contribution in [0.5, 0.6) is 0 Å². The number of aryl methyl sites for hydroxylation is 2. The molecule has 0 unspecified atom stereocenters. The molecule has 0 bridgehead atoms. The highest BCUT2D eigenvalue weighted by molar-refractivity contribution is 6.31. The van der Waals surface area contributed by atoms with E-state index in [4.69, 9.17) is 11.6 Å². The molecule has 1 heterocycles. The van der Waals surface area contributed by atoms with Crippen molar-refractivity contribution < 1.29 is 0 Å². The topological polar surface area (TPSA) is 12.9 Å². The molecule has 0 radical (unpaired) electrons. The van der Waals surface area contributed by atoms with Gasteiger partial charge in [-0.15, -0.1) is 0 Å². The second-order valence-electron chi connectivity index (χ2n) is 4.41. The maximum absolute atomic E-state index is 6.06. The molecule has 3 rings (SSSR count). The van der Waals surface area contributed by atoms with E-state index in [0.717, 1.165) is 21.6 Å². The number of rotatable bonds is 0. The van der Waals surface area contributed by atoms with Crippen LogP contribution in [0.15, 0.2) is 36.4 Å². The lowest BCUT2D eigenvalue weighted by Crippen LogP contribution is -1.88. The fourth-order valence-corrected chi connectivity index (χ4v) is 2.43. The largest absolute Gasteiger partial charge is 0.252 e. The summed E-state index contributed by atoms with van der Waals surface area (Å²) < 4.78 is 0. The molecule has 0 aliphatic heterocycles. The van der Waals surface area contributed by atoms with E-state index in [1.807, 2.05) is 18.2 Å². The monoisotopic (exact) mass is 241 g/mol. The molecule has 0 amide bonds. The Labute approximate surface area is 105 Å². The van der Waals surface area contributed by atoms with E-state index < -0.39 is 0 Å². The molecule has 2 heteroatoms. The fraction of sp³-hybridized carbons (Fsp3) is 0.133. The maximum Gasteiger partial charge on any atom is 0.0712 e. The smallest absolute Gasteiger partial charge is 0.0712 e. The van der Waals surface area contributed by atoms with E-state index in [9.17, 15) is 0 Å². The Kier molecular flexibility index (Phi) is 2.30. The number of nitrogens with zero attached hydrogens (tertiary/aromatic N) is 1. The summed E-state index contributed by atoms with van der Waals surface area (Å²) in [6.45, 7) is 4.15. The van der Waals surface area contributed by atoms with Gasteiger partial charge in [-0.2, -0.15) is 0 Å². The van der Waals surface area contributed by atoms with Gasteiger partial charge in [0.15, 0.2) is 0 Å². The van der Waals surface area contributed by atoms with Crippen LogP contribution >= 0.6 is 11.6 Å². The summed E-state index contributed by atoms with van der Waals surface area (Å²) in [5.74, 6) is 0. The summed E-state index contributed by atoms with van der Waals surface area (Å²) in [6, 6.07) is 12.3. The minimum atomic E-state index is 0.755. The minimum Gasteiger partial charge on any atom is -0.252 e. The highest BCUT2D eigenvalue weighted by Gasteiger charge is 2.06. The van der Waals surface area contributed by atoms with Crippen LogP contribution in [0.4, 0.5) is 0 Å². The van der Waals surface area contributed by atoms with Gasteiger partial charge in [-0.3, -0.25) is 4.98 Å². The van der Waals surface area contributed by atoms with E-state index in [2.05, 4.69) is 37.0 Å². The van der Waals surface area contributed by atoms with Gasteiger partial charge in [-0.25, -0.2) is 0 Å². The average molecular weight is 242 g/mol. The van der Waals surface area contributed by atoms with Crippen molar-refractivity contribution in [2.75, 3.05) is 0 Å². The number of fused-ring (bicyclic) bond motifs is 3. The molecule has 3 aromatic rings. The van der Waals surface area contributed by atoms with Gasteiger partial charge < -0.3 is 0 Å². The molecule has 0 fully saturated rings. The van der Waals surface area contributed by atoms with Gasteiger partial charge in [0.25, 0.3) is 0 Å². The zero-order valence-electron chi connectivity index (χ0n) is 9.79. The van der Waals surface area contributed by atoms with Crippen LogP contribution in [0.2, 0.25) is 5.02 Å². The number of aromatic nitrogens is 1.